The van der Waals surface area contributed by atoms with Gasteiger partial charge in [0.25, 0.3) is 5.91 Å². The van der Waals surface area contributed by atoms with Crippen molar-refractivity contribution in [3.8, 4) is 0 Å². The molecule has 0 saturated carbocycles. The SMILES string of the molecule is Cc1cc2nccc(C(=O)NCc3cccnc3)n2n1. The highest BCUT2D eigenvalue weighted by molar-refractivity contribution is 5.92. The maximum Gasteiger partial charge on any atom is 0.270 e. The molecule has 0 spiro atoms. The zero-order chi connectivity index (χ0) is 13.9. The largest absolute Gasteiger partial charge is 0.347 e. The number of rotatable bonds is 3. The third kappa shape index (κ3) is 2.35. The van der Waals surface area contributed by atoms with Crippen LogP contribution in [0.1, 0.15) is 21.7 Å². The molecule has 3 rings (SSSR count). The van der Waals surface area contributed by atoms with E-state index in [0.29, 0.717) is 17.9 Å². The second-order valence-corrected chi connectivity index (χ2v) is 4.43. The van der Waals surface area contributed by atoms with Gasteiger partial charge in [-0.05, 0) is 24.6 Å². The van der Waals surface area contributed by atoms with E-state index in [1.807, 2.05) is 25.1 Å². The Hall–Kier alpha value is -2.76. The summed E-state index contributed by atoms with van der Waals surface area (Å²) in [6, 6.07) is 7.23. The van der Waals surface area contributed by atoms with Crippen LogP contribution < -0.4 is 5.32 Å². The maximum atomic E-state index is 12.2. The summed E-state index contributed by atoms with van der Waals surface area (Å²) >= 11 is 0. The Balaban J connectivity index is 1.82. The van der Waals surface area contributed by atoms with Crippen molar-refractivity contribution >= 4 is 11.6 Å². The number of nitrogens with zero attached hydrogens (tertiary/aromatic N) is 4. The first-order valence-electron chi connectivity index (χ1n) is 6.22. The van der Waals surface area contributed by atoms with Crippen LogP contribution in [-0.2, 0) is 6.54 Å². The molecular formula is C14H13N5O. The number of hydrogen-bond donors (Lipinski definition) is 1. The fourth-order valence-electron chi connectivity index (χ4n) is 1.96. The van der Waals surface area contributed by atoms with Crippen LogP contribution in [0.5, 0.6) is 0 Å². The molecule has 0 bridgehead atoms. The number of fused-ring (bicyclic) bond motifs is 1. The minimum atomic E-state index is -0.190. The van der Waals surface area contributed by atoms with E-state index in [-0.39, 0.29) is 5.91 Å². The minimum Gasteiger partial charge on any atom is -0.347 e. The molecule has 3 heterocycles. The van der Waals surface area contributed by atoms with Gasteiger partial charge in [0.15, 0.2) is 5.65 Å². The van der Waals surface area contributed by atoms with Gasteiger partial charge in [-0.1, -0.05) is 6.07 Å². The fourth-order valence-corrected chi connectivity index (χ4v) is 1.96. The number of carbonyl (C=O) groups is 1. The van der Waals surface area contributed by atoms with Gasteiger partial charge in [0, 0.05) is 31.2 Å². The summed E-state index contributed by atoms with van der Waals surface area (Å²) in [4.78, 5) is 20.4. The molecule has 0 aromatic carbocycles. The van der Waals surface area contributed by atoms with Gasteiger partial charge in [-0.2, -0.15) is 5.10 Å². The first-order valence-corrected chi connectivity index (χ1v) is 6.22. The second kappa shape index (κ2) is 5.08. The molecule has 100 valence electrons. The Bertz CT molecular complexity index is 751. The molecule has 1 amide bonds. The molecule has 0 saturated heterocycles. The molecule has 3 aromatic rings. The molecule has 20 heavy (non-hydrogen) atoms. The number of aromatic nitrogens is 4. The second-order valence-electron chi connectivity index (χ2n) is 4.43. The number of nitrogens with one attached hydrogen (secondary N) is 1. The van der Waals surface area contributed by atoms with E-state index in [1.54, 1.807) is 29.2 Å². The Kier molecular flexibility index (Phi) is 3.12. The van der Waals surface area contributed by atoms with E-state index in [4.69, 9.17) is 0 Å². The molecule has 1 N–H and O–H groups in total. The molecule has 0 unspecified atom stereocenters. The summed E-state index contributed by atoms with van der Waals surface area (Å²) in [6.45, 7) is 2.29. The maximum absolute atomic E-state index is 12.2. The molecule has 0 radical (unpaired) electrons. The van der Waals surface area contributed by atoms with Gasteiger partial charge >= 0.3 is 0 Å². The minimum absolute atomic E-state index is 0.190. The van der Waals surface area contributed by atoms with Crippen molar-refractivity contribution in [3.63, 3.8) is 0 Å². The molecule has 0 fully saturated rings. The van der Waals surface area contributed by atoms with Crippen molar-refractivity contribution in [2.75, 3.05) is 0 Å². The molecule has 6 heteroatoms. The normalized spacial score (nSPS) is 10.7. The highest BCUT2D eigenvalue weighted by atomic mass is 16.1. The number of carbonyl (C=O) groups excluding carboxylic acids is 1. The Morgan fingerprint density at radius 2 is 2.25 bits per heavy atom. The monoisotopic (exact) mass is 267 g/mol. The van der Waals surface area contributed by atoms with Gasteiger partial charge in [-0.25, -0.2) is 9.50 Å². The molecule has 0 aliphatic rings. The summed E-state index contributed by atoms with van der Waals surface area (Å²) < 4.78 is 1.55. The van der Waals surface area contributed by atoms with Crippen LogP contribution in [0, 0.1) is 6.92 Å². The van der Waals surface area contributed by atoms with Crippen molar-refractivity contribution in [2.24, 2.45) is 0 Å². The molecular weight excluding hydrogens is 254 g/mol. The molecule has 6 nitrogen and oxygen atoms in total. The number of aryl methyl sites for hydroxylation is 1. The topological polar surface area (TPSA) is 72.2 Å². The van der Waals surface area contributed by atoms with E-state index in [0.717, 1.165) is 11.3 Å². The van der Waals surface area contributed by atoms with Crippen molar-refractivity contribution in [1.29, 1.82) is 0 Å². The first-order chi connectivity index (χ1) is 9.74. The van der Waals surface area contributed by atoms with Crippen LogP contribution in [0.2, 0.25) is 0 Å². The average molecular weight is 267 g/mol. The highest BCUT2D eigenvalue weighted by Crippen LogP contribution is 2.06. The van der Waals surface area contributed by atoms with E-state index in [1.165, 1.54) is 0 Å². The van der Waals surface area contributed by atoms with Crippen LogP contribution in [0.25, 0.3) is 5.65 Å². The zero-order valence-electron chi connectivity index (χ0n) is 10.9. The average Bonchev–Trinajstić information content (AvgIpc) is 2.85. The number of pyridine rings is 1. The number of hydrogen-bond acceptors (Lipinski definition) is 4. The van der Waals surface area contributed by atoms with Gasteiger partial charge in [0.05, 0.1) is 5.69 Å². The highest BCUT2D eigenvalue weighted by Gasteiger charge is 2.11. The van der Waals surface area contributed by atoms with Crippen LogP contribution in [0.3, 0.4) is 0 Å². The van der Waals surface area contributed by atoms with Crippen molar-refractivity contribution < 1.29 is 4.79 Å². The lowest BCUT2D eigenvalue weighted by Crippen LogP contribution is -2.25. The van der Waals surface area contributed by atoms with Crippen LogP contribution in [-0.4, -0.2) is 25.5 Å². The zero-order valence-corrected chi connectivity index (χ0v) is 10.9. The van der Waals surface area contributed by atoms with Crippen LogP contribution in [0.4, 0.5) is 0 Å². The van der Waals surface area contributed by atoms with E-state index >= 15 is 0 Å². The van der Waals surface area contributed by atoms with Gasteiger partial charge in [-0.3, -0.25) is 9.78 Å². The Morgan fingerprint density at radius 3 is 3.05 bits per heavy atom. The van der Waals surface area contributed by atoms with E-state index < -0.39 is 0 Å². The van der Waals surface area contributed by atoms with Crippen molar-refractivity contribution in [2.45, 2.75) is 13.5 Å². The lowest BCUT2D eigenvalue weighted by Gasteiger charge is -2.06. The molecule has 0 aliphatic heterocycles. The molecule has 0 aliphatic carbocycles. The van der Waals surface area contributed by atoms with Gasteiger partial charge in [0.1, 0.15) is 5.69 Å². The fraction of sp³-hybridized carbons (Fsp3) is 0.143. The quantitative estimate of drug-likeness (QED) is 0.777. The smallest absolute Gasteiger partial charge is 0.270 e. The van der Waals surface area contributed by atoms with E-state index in [9.17, 15) is 4.79 Å². The van der Waals surface area contributed by atoms with Gasteiger partial charge < -0.3 is 5.32 Å². The third-order valence-electron chi connectivity index (χ3n) is 2.89. The summed E-state index contributed by atoms with van der Waals surface area (Å²) in [6.07, 6.45) is 5.03. The van der Waals surface area contributed by atoms with Gasteiger partial charge in [0.2, 0.25) is 0 Å². The predicted molar refractivity (Wildman–Crippen MR) is 73.1 cm³/mol. The van der Waals surface area contributed by atoms with Crippen molar-refractivity contribution in [1.82, 2.24) is 24.9 Å². The first kappa shape index (κ1) is 12.3. The number of amides is 1. The third-order valence-corrected chi connectivity index (χ3v) is 2.89. The Morgan fingerprint density at radius 1 is 1.35 bits per heavy atom. The summed E-state index contributed by atoms with van der Waals surface area (Å²) in [5.74, 6) is -0.190. The summed E-state index contributed by atoms with van der Waals surface area (Å²) in [5, 5.41) is 7.12. The van der Waals surface area contributed by atoms with Crippen molar-refractivity contribution in [3.05, 3.63) is 59.8 Å². The molecule has 0 atom stereocenters. The lowest BCUT2D eigenvalue weighted by molar-refractivity contribution is 0.0943. The summed E-state index contributed by atoms with van der Waals surface area (Å²) in [5.41, 5.74) is 2.90. The standard InChI is InChI=1S/C14H13N5O/c1-10-7-13-16-6-4-12(19(13)18-10)14(20)17-9-11-3-2-5-15-8-11/h2-8H,9H2,1H3,(H,17,20). The predicted octanol–water partition coefficient (Wildman–Crippen LogP) is 1.36. The van der Waals surface area contributed by atoms with Gasteiger partial charge in [-0.15, -0.1) is 0 Å². The summed E-state index contributed by atoms with van der Waals surface area (Å²) in [7, 11) is 0. The van der Waals surface area contributed by atoms with E-state index in [2.05, 4.69) is 20.4 Å². The van der Waals surface area contributed by atoms with Crippen LogP contribution in [0.15, 0.2) is 42.9 Å². The molecule has 3 aromatic heterocycles. The Labute approximate surface area is 115 Å². The van der Waals surface area contributed by atoms with Crippen LogP contribution >= 0.6 is 0 Å². The lowest BCUT2D eigenvalue weighted by atomic mass is 10.3.